The van der Waals surface area contributed by atoms with Gasteiger partial charge in [0.05, 0.1) is 5.56 Å². The molecule has 0 aromatic carbocycles. The van der Waals surface area contributed by atoms with Crippen LogP contribution in [0.5, 0.6) is 0 Å². The molecule has 1 unspecified atom stereocenters. The van der Waals surface area contributed by atoms with Gasteiger partial charge in [-0.1, -0.05) is 0 Å². The summed E-state index contributed by atoms with van der Waals surface area (Å²) in [5.74, 6) is 1.05. The molecule has 0 bridgehead atoms. The van der Waals surface area contributed by atoms with Gasteiger partial charge >= 0.3 is 0 Å². The maximum absolute atomic E-state index is 11.8. The normalized spacial score (nSPS) is 18.7. The minimum atomic E-state index is -0.162. The van der Waals surface area contributed by atoms with Gasteiger partial charge in [0.15, 0.2) is 0 Å². The average Bonchev–Trinajstić information content (AvgIpc) is 2.80. The van der Waals surface area contributed by atoms with Crippen molar-refractivity contribution in [1.29, 1.82) is 0 Å². The van der Waals surface area contributed by atoms with Gasteiger partial charge in [-0.15, -0.1) is 0 Å². The molecule has 6 heteroatoms. The summed E-state index contributed by atoms with van der Waals surface area (Å²) in [7, 11) is 0. The molecule has 2 heterocycles. The van der Waals surface area contributed by atoms with Crippen molar-refractivity contribution in [2.75, 3.05) is 25.4 Å². The number of carbonyl (C=O) groups excluding carboxylic acids is 2. The van der Waals surface area contributed by atoms with E-state index in [-0.39, 0.29) is 11.8 Å². The van der Waals surface area contributed by atoms with E-state index in [0.29, 0.717) is 31.0 Å². The predicted molar refractivity (Wildman–Crippen MR) is 75.1 cm³/mol. The first-order valence-electron chi connectivity index (χ1n) is 6.27. The monoisotopic (exact) mass is 279 g/mol. The molecular weight excluding hydrogens is 262 g/mol. The fourth-order valence-corrected chi connectivity index (χ4v) is 2.34. The van der Waals surface area contributed by atoms with Gasteiger partial charge in [0.25, 0.3) is 5.91 Å². The molecule has 1 aromatic rings. The van der Waals surface area contributed by atoms with E-state index < -0.39 is 0 Å². The number of nitrogens with zero attached hydrogens (tertiary/aromatic N) is 2. The van der Waals surface area contributed by atoms with Gasteiger partial charge in [0, 0.05) is 38.4 Å². The molecule has 1 aromatic heterocycles. The molecule has 2 rings (SSSR count). The van der Waals surface area contributed by atoms with Crippen molar-refractivity contribution in [3.05, 3.63) is 30.1 Å². The summed E-state index contributed by atoms with van der Waals surface area (Å²) in [6.45, 7) is 1.75. The lowest BCUT2D eigenvalue weighted by molar-refractivity contribution is -0.127. The third kappa shape index (κ3) is 3.70. The van der Waals surface area contributed by atoms with Gasteiger partial charge in [-0.3, -0.25) is 14.6 Å². The number of thiol groups is 1. The first kappa shape index (κ1) is 13.9. The Kier molecular flexibility index (Phi) is 4.79. The van der Waals surface area contributed by atoms with E-state index in [0.717, 1.165) is 12.3 Å². The zero-order valence-corrected chi connectivity index (χ0v) is 11.5. The molecule has 0 spiro atoms. The Morgan fingerprint density at radius 1 is 1.58 bits per heavy atom. The Morgan fingerprint density at radius 2 is 2.42 bits per heavy atom. The number of rotatable bonds is 5. The summed E-state index contributed by atoms with van der Waals surface area (Å²) in [4.78, 5) is 29.1. The maximum atomic E-state index is 11.8. The molecule has 1 fully saturated rings. The number of aromatic nitrogens is 1. The third-order valence-corrected chi connectivity index (χ3v) is 3.66. The number of pyridine rings is 1. The minimum absolute atomic E-state index is 0.148. The Morgan fingerprint density at radius 3 is 3.05 bits per heavy atom. The highest BCUT2D eigenvalue weighted by atomic mass is 32.1. The zero-order chi connectivity index (χ0) is 13.7. The zero-order valence-electron chi connectivity index (χ0n) is 10.6. The van der Waals surface area contributed by atoms with Crippen molar-refractivity contribution >= 4 is 24.4 Å². The molecule has 1 N–H and O–H groups in total. The Labute approximate surface area is 117 Å². The summed E-state index contributed by atoms with van der Waals surface area (Å²) in [6, 6.07) is 3.43. The highest BCUT2D eigenvalue weighted by Gasteiger charge is 2.27. The first-order chi connectivity index (χ1) is 9.20. The fraction of sp³-hybridized carbons (Fsp3) is 0.462. The van der Waals surface area contributed by atoms with Crippen molar-refractivity contribution in [2.24, 2.45) is 5.92 Å². The number of likely N-dealkylation sites (tertiary alicyclic amines) is 1. The van der Waals surface area contributed by atoms with Gasteiger partial charge in [-0.2, -0.15) is 12.6 Å². The largest absolute Gasteiger partial charge is 0.350 e. The van der Waals surface area contributed by atoms with Crippen LogP contribution in [0.3, 0.4) is 0 Å². The van der Waals surface area contributed by atoms with Gasteiger partial charge in [-0.25, -0.2) is 0 Å². The van der Waals surface area contributed by atoms with Crippen molar-refractivity contribution in [1.82, 2.24) is 15.2 Å². The highest BCUT2D eigenvalue weighted by Crippen LogP contribution is 2.17. The van der Waals surface area contributed by atoms with Crippen molar-refractivity contribution in [2.45, 2.75) is 6.42 Å². The lowest BCUT2D eigenvalue weighted by Crippen LogP contribution is -2.35. The van der Waals surface area contributed by atoms with Crippen molar-refractivity contribution < 1.29 is 9.59 Å². The average molecular weight is 279 g/mol. The summed E-state index contributed by atoms with van der Waals surface area (Å²) in [5.41, 5.74) is 0.531. The number of carbonyl (C=O) groups is 2. The Bertz CT molecular complexity index is 452. The van der Waals surface area contributed by atoms with Crippen LogP contribution in [0, 0.1) is 5.92 Å². The second kappa shape index (κ2) is 6.56. The maximum Gasteiger partial charge on any atom is 0.252 e. The van der Waals surface area contributed by atoms with Crippen LogP contribution < -0.4 is 5.32 Å². The first-order valence-corrected chi connectivity index (χ1v) is 6.91. The fourth-order valence-electron chi connectivity index (χ4n) is 2.10. The van der Waals surface area contributed by atoms with E-state index in [2.05, 4.69) is 22.9 Å². The molecule has 1 atom stereocenters. The molecule has 5 nitrogen and oxygen atoms in total. The molecule has 1 aliphatic rings. The SMILES string of the molecule is O=C(NCCN1CC(CS)CC1=O)c1cccnc1. The standard InChI is InChI=1S/C13H17N3O2S/c17-12-6-10(9-19)8-16(12)5-4-15-13(18)11-2-1-3-14-7-11/h1-3,7,10,19H,4-6,8-9H2,(H,15,18). The lowest BCUT2D eigenvalue weighted by atomic mass is 10.1. The van der Waals surface area contributed by atoms with Crippen molar-refractivity contribution in [3.8, 4) is 0 Å². The molecule has 1 saturated heterocycles. The molecule has 102 valence electrons. The van der Waals surface area contributed by atoms with E-state index in [1.807, 2.05) is 0 Å². The summed E-state index contributed by atoms with van der Waals surface area (Å²) < 4.78 is 0. The van der Waals surface area contributed by atoms with Crippen LogP contribution in [0.4, 0.5) is 0 Å². The second-order valence-corrected chi connectivity index (χ2v) is 4.96. The quantitative estimate of drug-likeness (QED) is 0.776. The van der Waals surface area contributed by atoms with Gasteiger partial charge < -0.3 is 10.2 Å². The third-order valence-electron chi connectivity index (χ3n) is 3.14. The summed E-state index contributed by atoms with van der Waals surface area (Å²) >= 11 is 4.21. The predicted octanol–water partition coefficient (Wildman–Crippen LogP) is 0.590. The number of hydrogen-bond acceptors (Lipinski definition) is 4. The summed E-state index contributed by atoms with van der Waals surface area (Å²) in [5, 5.41) is 2.79. The molecule has 1 aliphatic heterocycles. The molecule has 0 radical (unpaired) electrons. The molecule has 0 saturated carbocycles. The Balaban J connectivity index is 1.75. The van der Waals surface area contributed by atoms with Crippen LogP contribution in [0.15, 0.2) is 24.5 Å². The molecule has 19 heavy (non-hydrogen) atoms. The van der Waals surface area contributed by atoms with Crippen LogP contribution in [-0.2, 0) is 4.79 Å². The van der Waals surface area contributed by atoms with Crippen LogP contribution in [0.1, 0.15) is 16.8 Å². The number of hydrogen-bond donors (Lipinski definition) is 2. The smallest absolute Gasteiger partial charge is 0.252 e. The Hall–Kier alpha value is -1.56. The number of amides is 2. The lowest BCUT2D eigenvalue weighted by Gasteiger charge is -2.16. The molecular formula is C13H17N3O2S. The minimum Gasteiger partial charge on any atom is -0.350 e. The van der Waals surface area contributed by atoms with Crippen molar-refractivity contribution in [3.63, 3.8) is 0 Å². The molecule has 0 aliphatic carbocycles. The number of nitrogens with one attached hydrogen (secondary N) is 1. The van der Waals surface area contributed by atoms with Crippen LogP contribution in [0.2, 0.25) is 0 Å². The molecule has 2 amide bonds. The van der Waals surface area contributed by atoms with E-state index in [9.17, 15) is 9.59 Å². The van der Waals surface area contributed by atoms with E-state index in [4.69, 9.17) is 0 Å². The van der Waals surface area contributed by atoms with E-state index >= 15 is 0 Å². The summed E-state index contributed by atoms with van der Waals surface area (Å²) in [6.07, 6.45) is 3.71. The van der Waals surface area contributed by atoms with Crippen LogP contribution in [-0.4, -0.2) is 47.1 Å². The van der Waals surface area contributed by atoms with E-state index in [1.54, 1.807) is 23.2 Å². The van der Waals surface area contributed by atoms with E-state index in [1.165, 1.54) is 6.20 Å². The van der Waals surface area contributed by atoms with Gasteiger partial charge in [0.1, 0.15) is 0 Å². The van der Waals surface area contributed by atoms with Gasteiger partial charge in [0.2, 0.25) is 5.91 Å². The van der Waals surface area contributed by atoms with Crippen LogP contribution in [0.25, 0.3) is 0 Å². The van der Waals surface area contributed by atoms with Crippen LogP contribution >= 0.6 is 12.6 Å². The second-order valence-electron chi connectivity index (χ2n) is 4.59. The van der Waals surface area contributed by atoms with Gasteiger partial charge in [-0.05, 0) is 23.8 Å². The highest BCUT2D eigenvalue weighted by molar-refractivity contribution is 7.80. The topological polar surface area (TPSA) is 62.3 Å².